The van der Waals surface area contributed by atoms with Gasteiger partial charge in [0.05, 0.1) is 13.2 Å². The number of anilines is 1. The largest absolute Gasteiger partial charge is 0.494 e. The van der Waals surface area contributed by atoms with Crippen LogP contribution in [0.5, 0.6) is 5.75 Å². The lowest BCUT2D eigenvalue weighted by Gasteiger charge is -2.30. The molecule has 1 atom stereocenters. The second kappa shape index (κ2) is 11.0. The summed E-state index contributed by atoms with van der Waals surface area (Å²) in [5.74, 6) is 2.03. The molecule has 1 aliphatic heterocycles. The third-order valence-electron chi connectivity index (χ3n) is 6.09. The number of piperidine rings is 1. The van der Waals surface area contributed by atoms with Gasteiger partial charge >= 0.3 is 6.01 Å². The Morgan fingerprint density at radius 3 is 2.67 bits per heavy atom. The average Bonchev–Trinajstić information content (AvgIpc) is 3.28. The molecular formula is C25H38N4O4. The molecule has 0 bridgehead atoms. The summed E-state index contributed by atoms with van der Waals surface area (Å²) in [6.07, 6.45) is 4.35. The van der Waals surface area contributed by atoms with Crippen LogP contribution in [0.25, 0.3) is 0 Å². The van der Waals surface area contributed by atoms with Crippen LogP contribution < -0.4 is 15.0 Å². The summed E-state index contributed by atoms with van der Waals surface area (Å²) in [6, 6.07) is 5.88. The highest BCUT2D eigenvalue weighted by Crippen LogP contribution is 2.27. The topological polar surface area (TPSA) is 101 Å². The molecule has 1 unspecified atom stereocenters. The van der Waals surface area contributed by atoms with Crippen molar-refractivity contribution in [2.75, 3.05) is 31.2 Å². The van der Waals surface area contributed by atoms with Gasteiger partial charge < -0.3 is 24.6 Å². The summed E-state index contributed by atoms with van der Waals surface area (Å²) >= 11 is 0. The van der Waals surface area contributed by atoms with E-state index in [4.69, 9.17) is 14.4 Å². The monoisotopic (exact) mass is 458 g/mol. The van der Waals surface area contributed by atoms with Crippen LogP contribution in [-0.4, -0.2) is 53.5 Å². The normalized spacial score (nSPS) is 16.0. The molecule has 2 N–H and O–H groups in total. The number of aryl methyl sites for hydroxylation is 1. The lowest BCUT2D eigenvalue weighted by molar-refractivity contribution is 0.0921. The molecular weight excluding hydrogens is 420 g/mol. The molecule has 8 nitrogen and oxygen atoms in total. The number of aliphatic hydroxyl groups is 1. The molecule has 2 heterocycles. The van der Waals surface area contributed by atoms with Crippen LogP contribution in [0.2, 0.25) is 0 Å². The Labute approximate surface area is 196 Å². The van der Waals surface area contributed by atoms with Crippen molar-refractivity contribution < 1.29 is 19.2 Å². The van der Waals surface area contributed by atoms with Crippen molar-refractivity contribution in [2.45, 2.75) is 71.8 Å². The maximum absolute atomic E-state index is 12.3. The number of amides is 1. The van der Waals surface area contributed by atoms with Gasteiger partial charge in [-0.3, -0.25) is 4.79 Å². The highest BCUT2D eigenvalue weighted by Gasteiger charge is 2.26. The van der Waals surface area contributed by atoms with Crippen molar-refractivity contribution in [1.82, 2.24) is 15.5 Å². The van der Waals surface area contributed by atoms with Crippen LogP contribution in [-0.2, 0) is 5.41 Å². The minimum Gasteiger partial charge on any atom is -0.494 e. The quantitative estimate of drug-likeness (QED) is 0.550. The zero-order valence-corrected chi connectivity index (χ0v) is 20.6. The van der Waals surface area contributed by atoms with Gasteiger partial charge in [-0.1, -0.05) is 25.9 Å². The number of nitrogens with one attached hydrogen (secondary N) is 1. The molecule has 2 aromatic rings. The number of rotatable bonds is 9. The van der Waals surface area contributed by atoms with Crippen molar-refractivity contribution in [2.24, 2.45) is 5.92 Å². The predicted octanol–water partition coefficient (Wildman–Crippen LogP) is 3.86. The van der Waals surface area contributed by atoms with Crippen LogP contribution >= 0.6 is 0 Å². The zero-order valence-electron chi connectivity index (χ0n) is 20.6. The van der Waals surface area contributed by atoms with Crippen molar-refractivity contribution in [3.8, 4) is 5.75 Å². The first kappa shape index (κ1) is 25.0. The van der Waals surface area contributed by atoms with Gasteiger partial charge in [0.15, 0.2) is 5.82 Å². The summed E-state index contributed by atoms with van der Waals surface area (Å²) in [7, 11) is 0. The van der Waals surface area contributed by atoms with E-state index in [1.165, 1.54) is 0 Å². The first-order chi connectivity index (χ1) is 15.7. The number of nitrogens with zero attached hydrogens (tertiary/aromatic N) is 3. The van der Waals surface area contributed by atoms with Crippen molar-refractivity contribution in [3.05, 3.63) is 35.2 Å². The third kappa shape index (κ3) is 6.93. The molecule has 1 aromatic carbocycles. The van der Waals surface area contributed by atoms with Crippen LogP contribution in [0.15, 0.2) is 22.7 Å². The first-order valence-corrected chi connectivity index (χ1v) is 11.9. The number of aromatic nitrogens is 2. The molecule has 1 saturated heterocycles. The molecule has 0 aliphatic carbocycles. The van der Waals surface area contributed by atoms with Crippen molar-refractivity contribution in [1.29, 1.82) is 0 Å². The summed E-state index contributed by atoms with van der Waals surface area (Å²) in [6.45, 7) is 12.4. The van der Waals surface area contributed by atoms with Gasteiger partial charge in [0.25, 0.3) is 5.91 Å². The second-order valence-electron chi connectivity index (χ2n) is 10.1. The van der Waals surface area contributed by atoms with E-state index in [-0.39, 0.29) is 24.0 Å². The van der Waals surface area contributed by atoms with E-state index in [0.29, 0.717) is 24.1 Å². The zero-order chi connectivity index (χ0) is 24.0. The Kier molecular flexibility index (Phi) is 8.35. The van der Waals surface area contributed by atoms with E-state index in [0.717, 1.165) is 55.9 Å². The summed E-state index contributed by atoms with van der Waals surface area (Å²) in [5, 5.41) is 16.0. The number of benzene rings is 1. The molecule has 0 radical (unpaired) electrons. The number of hydrogen-bond donors (Lipinski definition) is 2. The standard InChI is InChI=1S/C25H38N4O4/c1-17-15-20(8-9-21(17)22(31)26-18(2)16-30)32-14-6-7-19-10-12-29(13-11-19)24-27-23(28-33-24)25(3,4)5/h8-9,15,18-19,30H,6-7,10-14,16H2,1-5H3,(H,26,31). The van der Waals surface area contributed by atoms with Crippen LogP contribution in [0, 0.1) is 12.8 Å². The number of hydrogen-bond acceptors (Lipinski definition) is 7. The molecule has 0 saturated carbocycles. The molecule has 182 valence electrons. The fraction of sp³-hybridized carbons (Fsp3) is 0.640. The van der Waals surface area contributed by atoms with Gasteiger partial charge in [0.1, 0.15) is 5.75 Å². The minimum atomic E-state index is -0.271. The van der Waals surface area contributed by atoms with E-state index in [2.05, 4.69) is 41.1 Å². The number of aliphatic hydroxyl groups excluding tert-OH is 1. The fourth-order valence-corrected chi connectivity index (χ4v) is 3.95. The predicted molar refractivity (Wildman–Crippen MR) is 128 cm³/mol. The summed E-state index contributed by atoms with van der Waals surface area (Å²) in [4.78, 5) is 19.0. The Bertz CT molecular complexity index is 913. The Hall–Kier alpha value is -2.61. The second-order valence-corrected chi connectivity index (χ2v) is 10.1. The molecule has 8 heteroatoms. The van der Waals surface area contributed by atoms with Crippen LogP contribution in [0.4, 0.5) is 6.01 Å². The van der Waals surface area contributed by atoms with Gasteiger partial charge in [-0.15, -0.1) is 0 Å². The molecule has 33 heavy (non-hydrogen) atoms. The molecule has 1 aromatic heterocycles. The lowest BCUT2D eigenvalue weighted by atomic mass is 9.92. The lowest BCUT2D eigenvalue weighted by Crippen LogP contribution is -2.35. The third-order valence-corrected chi connectivity index (χ3v) is 6.09. The van der Waals surface area contributed by atoms with E-state index >= 15 is 0 Å². The highest BCUT2D eigenvalue weighted by atomic mass is 16.5. The fourth-order valence-electron chi connectivity index (χ4n) is 3.95. The van der Waals surface area contributed by atoms with Crippen molar-refractivity contribution in [3.63, 3.8) is 0 Å². The maximum atomic E-state index is 12.3. The molecule has 1 fully saturated rings. The first-order valence-electron chi connectivity index (χ1n) is 11.9. The molecule has 0 spiro atoms. The molecule has 3 rings (SSSR count). The Morgan fingerprint density at radius 2 is 2.06 bits per heavy atom. The van der Waals surface area contributed by atoms with Gasteiger partial charge in [-0.2, -0.15) is 4.98 Å². The SMILES string of the molecule is Cc1cc(OCCCC2CCN(c3nc(C(C)(C)C)no3)CC2)ccc1C(=O)NC(C)CO. The number of ether oxygens (including phenoxy) is 1. The Balaban J connectivity index is 1.38. The van der Waals surface area contributed by atoms with Gasteiger partial charge in [-0.25, -0.2) is 0 Å². The number of carbonyl (C=O) groups excluding carboxylic acids is 1. The van der Waals surface area contributed by atoms with Gasteiger partial charge in [0.2, 0.25) is 0 Å². The van der Waals surface area contributed by atoms with Gasteiger partial charge in [0, 0.05) is 30.1 Å². The number of carbonyl (C=O) groups is 1. The highest BCUT2D eigenvalue weighted by molar-refractivity contribution is 5.95. The maximum Gasteiger partial charge on any atom is 0.324 e. The minimum absolute atomic E-state index is 0.0832. The van der Waals surface area contributed by atoms with Crippen LogP contribution in [0.1, 0.15) is 75.1 Å². The smallest absolute Gasteiger partial charge is 0.324 e. The van der Waals surface area contributed by atoms with Gasteiger partial charge in [-0.05, 0) is 69.2 Å². The average molecular weight is 459 g/mol. The van der Waals surface area contributed by atoms with E-state index in [1.54, 1.807) is 13.0 Å². The van der Waals surface area contributed by atoms with Crippen LogP contribution in [0.3, 0.4) is 0 Å². The van der Waals surface area contributed by atoms with Crippen molar-refractivity contribution >= 4 is 11.9 Å². The van der Waals surface area contributed by atoms with E-state index < -0.39 is 0 Å². The molecule has 1 aliphatic rings. The summed E-state index contributed by atoms with van der Waals surface area (Å²) < 4.78 is 11.4. The molecule has 1 amide bonds. The van der Waals surface area contributed by atoms with E-state index in [9.17, 15) is 4.79 Å². The summed E-state index contributed by atoms with van der Waals surface area (Å²) in [5.41, 5.74) is 1.35. The van der Waals surface area contributed by atoms with E-state index in [1.807, 2.05) is 19.1 Å². The Morgan fingerprint density at radius 1 is 1.33 bits per heavy atom.